The third-order valence-electron chi connectivity index (χ3n) is 6.39. The molecule has 2 aromatic carbocycles. The van der Waals surface area contributed by atoms with Gasteiger partial charge in [-0.3, -0.25) is 0 Å². The summed E-state index contributed by atoms with van der Waals surface area (Å²) < 4.78 is 11.8. The number of hydrogen-bond acceptors (Lipinski definition) is 4. The predicted molar refractivity (Wildman–Crippen MR) is 133 cm³/mol. The minimum atomic E-state index is -0.279. The zero-order chi connectivity index (χ0) is 24.1. The first-order valence-corrected chi connectivity index (χ1v) is 12.5. The average molecular weight is 453 g/mol. The Bertz CT molecular complexity index is 749. The lowest BCUT2D eigenvalue weighted by Gasteiger charge is -2.31. The number of carbonyl (C=O) groups excluding carboxylic acids is 2. The van der Waals surface area contributed by atoms with Crippen LogP contribution in [0.3, 0.4) is 0 Å². The van der Waals surface area contributed by atoms with Crippen LogP contribution < -0.4 is 0 Å². The van der Waals surface area contributed by atoms with Crippen molar-refractivity contribution in [2.75, 3.05) is 0 Å². The van der Waals surface area contributed by atoms with Gasteiger partial charge in [-0.1, -0.05) is 75.9 Å². The van der Waals surface area contributed by atoms with Gasteiger partial charge in [0, 0.05) is 0 Å². The number of esters is 2. The van der Waals surface area contributed by atoms with E-state index in [0.717, 1.165) is 44.9 Å². The van der Waals surface area contributed by atoms with Gasteiger partial charge in [-0.2, -0.15) is 0 Å². The summed E-state index contributed by atoms with van der Waals surface area (Å²) in [6, 6.07) is 18.3. The van der Waals surface area contributed by atoms with E-state index in [4.69, 9.17) is 9.47 Å². The Morgan fingerprint density at radius 1 is 0.667 bits per heavy atom. The third kappa shape index (κ3) is 9.03. The Morgan fingerprint density at radius 3 is 1.36 bits per heavy atom. The van der Waals surface area contributed by atoms with Gasteiger partial charge in [-0.05, 0) is 69.2 Å². The fourth-order valence-electron chi connectivity index (χ4n) is 4.22. The van der Waals surface area contributed by atoms with Crippen LogP contribution in [0.4, 0.5) is 0 Å². The highest BCUT2D eigenvalue weighted by atomic mass is 16.5. The molecule has 0 radical (unpaired) electrons. The minimum Gasteiger partial charge on any atom is -0.459 e. The van der Waals surface area contributed by atoms with Crippen molar-refractivity contribution in [3.05, 3.63) is 71.8 Å². The quantitative estimate of drug-likeness (QED) is 0.279. The maximum absolute atomic E-state index is 12.6. The van der Waals surface area contributed by atoms with Gasteiger partial charge in [0.15, 0.2) is 0 Å². The van der Waals surface area contributed by atoms with E-state index in [1.807, 2.05) is 50.2 Å². The molecule has 0 heterocycles. The smallest absolute Gasteiger partial charge is 0.338 e. The molecular formula is C29H40O4. The van der Waals surface area contributed by atoms with Gasteiger partial charge in [-0.15, -0.1) is 0 Å². The van der Waals surface area contributed by atoms with Gasteiger partial charge in [0.05, 0.1) is 11.1 Å². The molecule has 2 aromatic rings. The summed E-state index contributed by atoms with van der Waals surface area (Å²) in [4.78, 5) is 25.3. The molecule has 180 valence electrons. The lowest BCUT2D eigenvalue weighted by atomic mass is 9.82. The van der Waals surface area contributed by atoms with Gasteiger partial charge in [-0.25, -0.2) is 9.59 Å². The zero-order valence-corrected chi connectivity index (χ0v) is 20.7. The van der Waals surface area contributed by atoms with Crippen LogP contribution >= 0.6 is 0 Å². The first-order chi connectivity index (χ1) is 16.0. The topological polar surface area (TPSA) is 52.6 Å². The Morgan fingerprint density at radius 2 is 1.03 bits per heavy atom. The number of carbonyl (C=O) groups is 2. The van der Waals surface area contributed by atoms with E-state index >= 15 is 0 Å². The molecule has 4 heteroatoms. The van der Waals surface area contributed by atoms with Crippen LogP contribution in [0.2, 0.25) is 0 Å². The van der Waals surface area contributed by atoms with Gasteiger partial charge >= 0.3 is 11.9 Å². The highest BCUT2D eigenvalue weighted by molar-refractivity contribution is 5.89. The number of unbranched alkanes of at least 4 members (excludes halogenated alkanes) is 2. The number of rotatable bonds is 14. The highest BCUT2D eigenvalue weighted by Crippen LogP contribution is 2.30. The van der Waals surface area contributed by atoms with Crippen molar-refractivity contribution in [3.8, 4) is 0 Å². The average Bonchev–Trinajstić information content (AvgIpc) is 2.84. The molecule has 0 aliphatic heterocycles. The molecule has 0 spiro atoms. The maximum atomic E-state index is 12.6. The highest BCUT2D eigenvalue weighted by Gasteiger charge is 2.29. The summed E-state index contributed by atoms with van der Waals surface area (Å²) in [6.07, 6.45) is 6.78. The molecule has 33 heavy (non-hydrogen) atoms. The summed E-state index contributed by atoms with van der Waals surface area (Å²) in [7, 11) is 0. The normalized spacial score (nSPS) is 14.7. The van der Waals surface area contributed by atoms with Crippen LogP contribution in [0.25, 0.3) is 0 Å². The van der Waals surface area contributed by atoms with Crippen LogP contribution in [0.5, 0.6) is 0 Å². The van der Waals surface area contributed by atoms with E-state index in [2.05, 4.69) is 13.8 Å². The van der Waals surface area contributed by atoms with Crippen LogP contribution in [-0.4, -0.2) is 24.1 Å². The summed E-state index contributed by atoms with van der Waals surface area (Å²) in [5.74, 6) is -0.119. The second kappa shape index (κ2) is 14.5. The Labute approximate surface area is 199 Å². The molecule has 0 aromatic heterocycles. The molecule has 4 nitrogen and oxygen atoms in total. The van der Waals surface area contributed by atoms with Crippen LogP contribution in [0.1, 0.15) is 93.4 Å². The molecule has 0 aliphatic carbocycles. The summed E-state index contributed by atoms with van der Waals surface area (Å²) in [5, 5.41) is 0. The van der Waals surface area contributed by atoms with Gasteiger partial charge < -0.3 is 9.47 Å². The molecule has 0 saturated carbocycles. The van der Waals surface area contributed by atoms with E-state index in [-0.39, 0.29) is 36.0 Å². The summed E-state index contributed by atoms with van der Waals surface area (Å²) in [5.41, 5.74) is 1.15. The molecular weight excluding hydrogens is 412 g/mol. The SMILES string of the molecule is CCCCC(CC(CCCC)C(C)OC(=O)c1ccccc1)C(C)OC(=O)c1ccccc1. The molecule has 4 unspecified atom stereocenters. The second-order valence-corrected chi connectivity index (χ2v) is 8.99. The lowest BCUT2D eigenvalue weighted by molar-refractivity contribution is -0.00219. The monoisotopic (exact) mass is 452 g/mol. The van der Waals surface area contributed by atoms with E-state index in [9.17, 15) is 9.59 Å². The van der Waals surface area contributed by atoms with Gasteiger partial charge in [0.1, 0.15) is 12.2 Å². The molecule has 0 bridgehead atoms. The van der Waals surface area contributed by atoms with Crippen molar-refractivity contribution in [2.45, 2.75) is 84.8 Å². The number of benzene rings is 2. The fourth-order valence-corrected chi connectivity index (χ4v) is 4.22. The third-order valence-corrected chi connectivity index (χ3v) is 6.39. The number of ether oxygens (including phenoxy) is 2. The van der Waals surface area contributed by atoms with Gasteiger partial charge in [0.25, 0.3) is 0 Å². The van der Waals surface area contributed by atoms with E-state index in [1.165, 1.54) is 0 Å². The molecule has 0 aliphatic rings. The van der Waals surface area contributed by atoms with Crippen LogP contribution in [0.15, 0.2) is 60.7 Å². The van der Waals surface area contributed by atoms with Crippen molar-refractivity contribution < 1.29 is 19.1 Å². The maximum Gasteiger partial charge on any atom is 0.338 e. The summed E-state index contributed by atoms with van der Waals surface area (Å²) in [6.45, 7) is 8.35. The van der Waals surface area contributed by atoms with E-state index < -0.39 is 0 Å². The zero-order valence-electron chi connectivity index (χ0n) is 20.7. The Kier molecular flexibility index (Phi) is 11.7. The van der Waals surface area contributed by atoms with Crippen molar-refractivity contribution in [2.24, 2.45) is 11.8 Å². The van der Waals surface area contributed by atoms with E-state index in [0.29, 0.717) is 11.1 Å². The molecule has 2 rings (SSSR count). The van der Waals surface area contributed by atoms with Crippen molar-refractivity contribution in [1.82, 2.24) is 0 Å². The molecule has 0 N–H and O–H groups in total. The first kappa shape index (κ1) is 26.6. The first-order valence-electron chi connectivity index (χ1n) is 12.5. The standard InChI is InChI=1S/C29H40O4/c1-5-7-15-26(22(3)32-28(30)24-17-11-9-12-18-24)21-27(16-8-6-2)23(4)33-29(31)25-19-13-10-14-20-25/h9-14,17-20,22-23,26-27H,5-8,15-16,21H2,1-4H3. The van der Waals surface area contributed by atoms with E-state index in [1.54, 1.807) is 24.3 Å². The predicted octanol–water partition coefficient (Wildman–Crippen LogP) is 7.48. The summed E-state index contributed by atoms with van der Waals surface area (Å²) >= 11 is 0. The number of hydrogen-bond donors (Lipinski definition) is 0. The second-order valence-electron chi connectivity index (χ2n) is 8.99. The fraction of sp³-hybridized carbons (Fsp3) is 0.517. The minimum absolute atomic E-state index is 0.203. The lowest BCUT2D eigenvalue weighted by Crippen LogP contribution is -2.31. The van der Waals surface area contributed by atoms with Crippen LogP contribution in [-0.2, 0) is 9.47 Å². The molecule has 4 atom stereocenters. The van der Waals surface area contributed by atoms with Crippen molar-refractivity contribution in [1.29, 1.82) is 0 Å². The Balaban J connectivity index is 2.08. The molecule has 0 saturated heterocycles. The van der Waals surface area contributed by atoms with Gasteiger partial charge in [0.2, 0.25) is 0 Å². The Hall–Kier alpha value is -2.62. The molecule has 0 amide bonds. The largest absolute Gasteiger partial charge is 0.459 e. The molecule has 0 fully saturated rings. The van der Waals surface area contributed by atoms with Crippen molar-refractivity contribution in [3.63, 3.8) is 0 Å². The van der Waals surface area contributed by atoms with Crippen LogP contribution in [0, 0.1) is 11.8 Å². The van der Waals surface area contributed by atoms with Crippen molar-refractivity contribution >= 4 is 11.9 Å².